The number of rotatable bonds is 2. The average Bonchev–Trinajstić information content (AvgIpc) is 2.68. The van der Waals surface area contributed by atoms with Crippen molar-refractivity contribution in [3.63, 3.8) is 0 Å². The molecule has 2 aromatic rings. The molecule has 90 valence electrons. The highest BCUT2D eigenvalue weighted by Gasteiger charge is 2.19. The third-order valence-corrected chi connectivity index (χ3v) is 3.94. The highest BCUT2D eigenvalue weighted by atomic mass is 35.5. The van der Waals surface area contributed by atoms with Crippen LogP contribution in [0.1, 0.15) is 26.6 Å². The van der Waals surface area contributed by atoms with E-state index >= 15 is 0 Å². The molecule has 2 rings (SSSR count). The van der Waals surface area contributed by atoms with Crippen LogP contribution in [0.5, 0.6) is 0 Å². The van der Waals surface area contributed by atoms with E-state index in [1.807, 2.05) is 5.38 Å². The molecule has 0 N–H and O–H groups in total. The molecule has 0 amide bonds. The Morgan fingerprint density at radius 2 is 2.06 bits per heavy atom. The predicted molar refractivity (Wildman–Crippen MR) is 72.0 cm³/mol. The van der Waals surface area contributed by atoms with E-state index in [-0.39, 0.29) is 5.41 Å². The maximum atomic E-state index is 6.01. The number of aromatic nitrogens is 3. The number of thiazole rings is 1. The fourth-order valence-corrected chi connectivity index (χ4v) is 2.95. The van der Waals surface area contributed by atoms with Crippen LogP contribution in [0.15, 0.2) is 27.0 Å². The summed E-state index contributed by atoms with van der Waals surface area (Å²) < 4.78 is 0.958. The van der Waals surface area contributed by atoms with E-state index in [0.717, 1.165) is 15.2 Å². The Hall–Kier alpha value is -0.650. The first kappa shape index (κ1) is 12.8. The Labute approximate surface area is 114 Å². The van der Waals surface area contributed by atoms with Gasteiger partial charge in [0.2, 0.25) is 0 Å². The third kappa shape index (κ3) is 3.40. The van der Waals surface area contributed by atoms with Gasteiger partial charge in [-0.3, -0.25) is 0 Å². The van der Waals surface area contributed by atoms with Crippen LogP contribution < -0.4 is 0 Å². The van der Waals surface area contributed by atoms with Gasteiger partial charge in [0.25, 0.3) is 0 Å². The molecule has 3 nitrogen and oxygen atoms in total. The largest absolute Gasteiger partial charge is 0.238 e. The molecular formula is C11H12ClN3S2. The standard InChI is InChI=1S/C11H12ClN3S2/c1-11(2,3)9-14-7(12)6-8(15-9)17-10-13-4-5-16-10/h4-6H,1-3H3. The molecule has 0 aromatic carbocycles. The van der Waals surface area contributed by atoms with Gasteiger partial charge in [0, 0.05) is 23.1 Å². The van der Waals surface area contributed by atoms with Crippen molar-refractivity contribution >= 4 is 34.7 Å². The molecule has 6 heteroatoms. The lowest BCUT2D eigenvalue weighted by Crippen LogP contribution is -2.16. The Morgan fingerprint density at radius 1 is 1.29 bits per heavy atom. The molecule has 0 radical (unpaired) electrons. The van der Waals surface area contributed by atoms with Crippen molar-refractivity contribution in [3.8, 4) is 0 Å². The SMILES string of the molecule is CC(C)(C)c1nc(Cl)cc(Sc2nccs2)n1. The van der Waals surface area contributed by atoms with Crippen molar-refractivity contribution in [2.75, 3.05) is 0 Å². The molecule has 0 atom stereocenters. The molecule has 0 fully saturated rings. The zero-order valence-corrected chi connectivity index (χ0v) is 12.2. The minimum Gasteiger partial charge on any atom is -0.238 e. The maximum absolute atomic E-state index is 6.01. The third-order valence-electron chi connectivity index (χ3n) is 1.94. The van der Waals surface area contributed by atoms with Crippen molar-refractivity contribution in [1.29, 1.82) is 0 Å². The van der Waals surface area contributed by atoms with Crippen molar-refractivity contribution < 1.29 is 0 Å². The normalized spacial score (nSPS) is 11.8. The highest BCUT2D eigenvalue weighted by molar-refractivity contribution is 8.01. The number of hydrogen-bond donors (Lipinski definition) is 0. The van der Waals surface area contributed by atoms with Crippen LogP contribution >= 0.6 is 34.7 Å². The van der Waals surface area contributed by atoms with Crippen LogP contribution in [-0.2, 0) is 5.41 Å². The number of hydrogen-bond acceptors (Lipinski definition) is 5. The first-order chi connectivity index (χ1) is 7.95. The van der Waals surface area contributed by atoms with Crippen LogP contribution in [0.25, 0.3) is 0 Å². The van der Waals surface area contributed by atoms with E-state index in [0.29, 0.717) is 5.15 Å². The minimum atomic E-state index is -0.108. The zero-order valence-electron chi connectivity index (χ0n) is 9.77. The Bertz CT molecular complexity index is 506. The molecule has 0 aliphatic carbocycles. The second-order valence-electron chi connectivity index (χ2n) is 4.50. The molecule has 17 heavy (non-hydrogen) atoms. The molecule has 0 aliphatic heterocycles. The van der Waals surface area contributed by atoms with Gasteiger partial charge < -0.3 is 0 Å². The van der Waals surface area contributed by atoms with E-state index in [1.165, 1.54) is 11.8 Å². The van der Waals surface area contributed by atoms with Crippen molar-refractivity contribution in [3.05, 3.63) is 28.6 Å². The number of nitrogens with zero attached hydrogens (tertiary/aromatic N) is 3. The lowest BCUT2D eigenvalue weighted by molar-refractivity contribution is 0.538. The molecule has 0 aliphatic rings. The van der Waals surface area contributed by atoms with Crippen LogP contribution in [0.3, 0.4) is 0 Å². The summed E-state index contributed by atoms with van der Waals surface area (Å²) >= 11 is 9.11. The van der Waals surface area contributed by atoms with Crippen molar-refractivity contribution in [2.45, 2.75) is 35.6 Å². The predicted octanol–water partition coefficient (Wildman–Crippen LogP) is 4.04. The lowest BCUT2D eigenvalue weighted by atomic mass is 9.96. The Balaban J connectivity index is 2.32. The zero-order chi connectivity index (χ0) is 12.5. The fraction of sp³-hybridized carbons (Fsp3) is 0.364. The summed E-state index contributed by atoms with van der Waals surface area (Å²) in [5.74, 6) is 0.754. The van der Waals surface area contributed by atoms with Gasteiger partial charge in [-0.15, -0.1) is 11.3 Å². The first-order valence-electron chi connectivity index (χ1n) is 5.07. The van der Waals surface area contributed by atoms with E-state index in [4.69, 9.17) is 11.6 Å². The van der Waals surface area contributed by atoms with Gasteiger partial charge in [-0.1, -0.05) is 32.4 Å². The van der Waals surface area contributed by atoms with Crippen molar-refractivity contribution in [2.24, 2.45) is 0 Å². The molecule has 0 spiro atoms. The van der Waals surface area contributed by atoms with Crippen LogP contribution in [0.2, 0.25) is 5.15 Å². The molecule has 0 unspecified atom stereocenters. The summed E-state index contributed by atoms with van der Waals surface area (Å²) in [5, 5.41) is 3.25. The average molecular weight is 286 g/mol. The maximum Gasteiger partial charge on any atom is 0.156 e. The smallest absolute Gasteiger partial charge is 0.156 e. The van der Waals surface area contributed by atoms with Gasteiger partial charge in [0.15, 0.2) is 4.34 Å². The minimum absolute atomic E-state index is 0.108. The second-order valence-corrected chi connectivity index (χ2v) is 7.05. The Morgan fingerprint density at radius 3 is 2.65 bits per heavy atom. The molecule has 0 bridgehead atoms. The van der Waals surface area contributed by atoms with Crippen LogP contribution in [0.4, 0.5) is 0 Å². The van der Waals surface area contributed by atoms with Gasteiger partial charge in [0.1, 0.15) is 16.0 Å². The topological polar surface area (TPSA) is 38.7 Å². The summed E-state index contributed by atoms with van der Waals surface area (Å²) in [6.07, 6.45) is 1.78. The van der Waals surface area contributed by atoms with E-state index in [1.54, 1.807) is 23.6 Å². The van der Waals surface area contributed by atoms with E-state index in [2.05, 4.69) is 35.7 Å². The summed E-state index contributed by atoms with van der Waals surface area (Å²) in [4.78, 5) is 13.0. The van der Waals surface area contributed by atoms with Gasteiger partial charge in [-0.2, -0.15) is 0 Å². The summed E-state index contributed by atoms with van der Waals surface area (Å²) in [5.41, 5.74) is -0.108. The second kappa shape index (κ2) is 4.92. The molecule has 2 heterocycles. The van der Waals surface area contributed by atoms with E-state index < -0.39 is 0 Å². The quantitative estimate of drug-likeness (QED) is 0.781. The lowest BCUT2D eigenvalue weighted by Gasteiger charge is -2.16. The van der Waals surface area contributed by atoms with Gasteiger partial charge in [0.05, 0.1) is 0 Å². The van der Waals surface area contributed by atoms with Gasteiger partial charge in [-0.25, -0.2) is 15.0 Å². The van der Waals surface area contributed by atoms with Crippen molar-refractivity contribution in [1.82, 2.24) is 15.0 Å². The monoisotopic (exact) mass is 285 g/mol. The summed E-state index contributed by atoms with van der Waals surface area (Å²) in [6.45, 7) is 6.20. The fourth-order valence-electron chi connectivity index (χ4n) is 1.13. The summed E-state index contributed by atoms with van der Waals surface area (Å²) in [7, 11) is 0. The Kier molecular flexibility index (Phi) is 3.70. The molecule has 2 aromatic heterocycles. The van der Waals surface area contributed by atoms with Crippen LogP contribution in [0, 0.1) is 0 Å². The molecule has 0 saturated carbocycles. The van der Waals surface area contributed by atoms with E-state index in [9.17, 15) is 0 Å². The molecule has 0 saturated heterocycles. The van der Waals surface area contributed by atoms with Gasteiger partial charge >= 0.3 is 0 Å². The first-order valence-corrected chi connectivity index (χ1v) is 7.15. The molecular weight excluding hydrogens is 274 g/mol. The van der Waals surface area contributed by atoms with Gasteiger partial charge in [-0.05, 0) is 11.8 Å². The van der Waals surface area contributed by atoms with Crippen LogP contribution in [-0.4, -0.2) is 15.0 Å². The summed E-state index contributed by atoms with van der Waals surface area (Å²) in [6, 6.07) is 1.77. The number of halogens is 1. The highest BCUT2D eigenvalue weighted by Crippen LogP contribution is 2.30.